The van der Waals surface area contributed by atoms with Gasteiger partial charge in [-0.3, -0.25) is 0 Å². The van der Waals surface area contributed by atoms with Crippen LogP contribution in [-0.4, -0.2) is 33.4 Å². The number of hydrogen-bond donors (Lipinski definition) is 1. The standard InChI is InChI=1S/C13H19N5O/c1-2-8-19-9-4-7-18-13(15-16-17-18)11-5-3-6-12(14)10-11/h3,5-6,10H,2,4,7-9,14H2,1H3. The molecule has 0 saturated carbocycles. The Morgan fingerprint density at radius 3 is 3.00 bits per heavy atom. The van der Waals surface area contributed by atoms with Gasteiger partial charge in [0.05, 0.1) is 0 Å². The monoisotopic (exact) mass is 261 g/mol. The Morgan fingerprint density at radius 2 is 2.21 bits per heavy atom. The second-order valence-electron chi connectivity index (χ2n) is 4.32. The van der Waals surface area contributed by atoms with Gasteiger partial charge in [-0.15, -0.1) is 5.10 Å². The highest BCUT2D eigenvalue weighted by atomic mass is 16.5. The Labute approximate surface area is 112 Å². The third-order valence-electron chi connectivity index (χ3n) is 2.68. The minimum Gasteiger partial charge on any atom is -0.399 e. The van der Waals surface area contributed by atoms with E-state index >= 15 is 0 Å². The van der Waals surface area contributed by atoms with Crippen molar-refractivity contribution in [2.24, 2.45) is 0 Å². The maximum absolute atomic E-state index is 5.77. The van der Waals surface area contributed by atoms with E-state index in [0.717, 1.165) is 44.0 Å². The predicted octanol–water partition coefficient (Wildman–Crippen LogP) is 1.74. The molecule has 2 N–H and O–H groups in total. The Kier molecular flexibility index (Phi) is 4.85. The van der Waals surface area contributed by atoms with Crippen molar-refractivity contribution in [1.29, 1.82) is 0 Å². The summed E-state index contributed by atoms with van der Waals surface area (Å²) in [5.74, 6) is 0.739. The first-order chi connectivity index (χ1) is 9.31. The molecule has 1 aromatic heterocycles. The summed E-state index contributed by atoms with van der Waals surface area (Å²) in [6.07, 6.45) is 1.93. The first-order valence-corrected chi connectivity index (χ1v) is 6.51. The molecule has 0 fully saturated rings. The fourth-order valence-electron chi connectivity index (χ4n) is 1.80. The molecule has 0 aliphatic heterocycles. The number of anilines is 1. The average molecular weight is 261 g/mol. The fraction of sp³-hybridized carbons (Fsp3) is 0.462. The zero-order chi connectivity index (χ0) is 13.5. The predicted molar refractivity (Wildman–Crippen MR) is 73.4 cm³/mol. The van der Waals surface area contributed by atoms with Gasteiger partial charge in [-0.2, -0.15) is 0 Å². The number of aryl methyl sites for hydroxylation is 1. The number of tetrazole rings is 1. The molecule has 1 aromatic carbocycles. The molecule has 0 aliphatic rings. The van der Waals surface area contributed by atoms with E-state index in [-0.39, 0.29) is 0 Å². The summed E-state index contributed by atoms with van der Waals surface area (Å²) in [7, 11) is 0. The van der Waals surface area contributed by atoms with Gasteiger partial charge in [0.25, 0.3) is 0 Å². The van der Waals surface area contributed by atoms with Crippen LogP contribution < -0.4 is 5.73 Å². The number of nitrogens with zero attached hydrogens (tertiary/aromatic N) is 4. The normalized spacial score (nSPS) is 10.8. The lowest BCUT2D eigenvalue weighted by atomic mass is 10.2. The molecule has 0 radical (unpaired) electrons. The minimum atomic E-state index is 0.707. The highest BCUT2D eigenvalue weighted by Gasteiger charge is 2.08. The number of aromatic nitrogens is 4. The van der Waals surface area contributed by atoms with Crippen molar-refractivity contribution in [3.63, 3.8) is 0 Å². The first kappa shape index (κ1) is 13.5. The molecule has 0 bridgehead atoms. The van der Waals surface area contributed by atoms with Crippen molar-refractivity contribution >= 4 is 5.69 Å². The summed E-state index contributed by atoms with van der Waals surface area (Å²) >= 11 is 0. The van der Waals surface area contributed by atoms with Crippen LogP contribution in [0.15, 0.2) is 24.3 Å². The second-order valence-corrected chi connectivity index (χ2v) is 4.32. The van der Waals surface area contributed by atoms with Crippen molar-refractivity contribution in [2.75, 3.05) is 18.9 Å². The van der Waals surface area contributed by atoms with Gasteiger partial charge in [-0.25, -0.2) is 4.68 Å². The first-order valence-electron chi connectivity index (χ1n) is 6.51. The summed E-state index contributed by atoms with van der Waals surface area (Å²) in [5, 5.41) is 11.8. The van der Waals surface area contributed by atoms with E-state index in [2.05, 4.69) is 22.4 Å². The van der Waals surface area contributed by atoms with Crippen LogP contribution in [0.25, 0.3) is 11.4 Å². The van der Waals surface area contributed by atoms with Crippen molar-refractivity contribution in [3.05, 3.63) is 24.3 Å². The summed E-state index contributed by atoms with van der Waals surface area (Å²) in [6, 6.07) is 7.56. The number of nitrogen functional groups attached to an aromatic ring is 1. The second kappa shape index (κ2) is 6.84. The van der Waals surface area contributed by atoms with E-state index in [9.17, 15) is 0 Å². The molecule has 0 saturated heterocycles. The lowest BCUT2D eigenvalue weighted by Gasteiger charge is -2.05. The Bertz CT molecular complexity index is 511. The zero-order valence-electron chi connectivity index (χ0n) is 11.1. The van der Waals surface area contributed by atoms with Crippen molar-refractivity contribution in [1.82, 2.24) is 20.2 Å². The maximum Gasteiger partial charge on any atom is 0.182 e. The lowest BCUT2D eigenvalue weighted by Crippen LogP contribution is -2.06. The quantitative estimate of drug-likeness (QED) is 0.606. The van der Waals surface area contributed by atoms with Crippen LogP contribution in [0.2, 0.25) is 0 Å². The van der Waals surface area contributed by atoms with E-state index in [1.807, 2.05) is 24.3 Å². The topological polar surface area (TPSA) is 78.8 Å². The van der Waals surface area contributed by atoms with E-state index in [1.54, 1.807) is 4.68 Å². The minimum absolute atomic E-state index is 0.707. The molecule has 19 heavy (non-hydrogen) atoms. The summed E-state index contributed by atoms with van der Waals surface area (Å²) in [4.78, 5) is 0. The molecule has 0 aliphatic carbocycles. The van der Waals surface area contributed by atoms with Crippen LogP contribution >= 0.6 is 0 Å². The van der Waals surface area contributed by atoms with Crippen LogP contribution in [0.4, 0.5) is 5.69 Å². The van der Waals surface area contributed by atoms with Crippen LogP contribution in [0, 0.1) is 0 Å². The van der Waals surface area contributed by atoms with Gasteiger partial charge < -0.3 is 10.5 Å². The molecule has 102 valence electrons. The van der Waals surface area contributed by atoms with Crippen molar-refractivity contribution < 1.29 is 4.74 Å². The molecule has 0 unspecified atom stereocenters. The van der Waals surface area contributed by atoms with Gasteiger partial charge in [-0.1, -0.05) is 19.1 Å². The molecule has 0 atom stereocenters. The average Bonchev–Trinajstić information content (AvgIpc) is 2.87. The largest absolute Gasteiger partial charge is 0.399 e. The molecular formula is C13H19N5O. The number of ether oxygens (including phenoxy) is 1. The van der Waals surface area contributed by atoms with Crippen LogP contribution in [0.5, 0.6) is 0 Å². The van der Waals surface area contributed by atoms with Crippen LogP contribution in [0.1, 0.15) is 19.8 Å². The Balaban J connectivity index is 1.98. The maximum atomic E-state index is 5.77. The van der Waals surface area contributed by atoms with Gasteiger partial charge in [0.1, 0.15) is 0 Å². The Morgan fingerprint density at radius 1 is 1.32 bits per heavy atom. The molecule has 2 rings (SSSR count). The fourth-order valence-corrected chi connectivity index (χ4v) is 1.80. The van der Waals surface area contributed by atoms with Crippen LogP contribution in [0.3, 0.4) is 0 Å². The molecule has 0 amide bonds. The Hall–Kier alpha value is -1.95. The molecule has 6 heteroatoms. The van der Waals surface area contributed by atoms with Gasteiger partial charge in [-0.05, 0) is 35.4 Å². The number of benzene rings is 1. The zero-order valence-corrected chi connectivity index (χ0v) is 11.1. The van der Waals surface area contributed by atoms with Gasteiger partial charge >= 0.3 is 0 Å². The molecular weight excluding hydrogens is 242 g/mol. The lowest BCUT2D eigenvalue weighted by molar-refractivity contribution is 0.128. The summed E-state index contributed by atoms with van der Waals surface area (Å²) in [6.45, 7) is 4.36. The van der Waals surface area contributed by atoms with E-state index < -0.39 is 0 Å². The van der Waals surface area contributed by atoms with Crippen molar-refractivity contribution in [3.8, 4) is 11.4 Å². The number of hydrogen-bond acceptors (Lipinski definition) is 5. The summed E-state index contributed by atoms with van der Waals surface area (Å²) < 4.78 is 7.23. The smallest absolute Gasteiger partial charge is 0.182 e. The number of rotatable bonds is 7. The highest BCUT2D eigenvalue weighted by Crippen LogP contribution is 2.18. The number of nitrogens with two attached hydrogens (primary N) is 1. The third kappa shape index (κ3) is 3.75. The van der Waals surface area contributed by atoms with E-state index in [1.165, 1.54) is 0 Å². The van der Waals surface area contributed by atoms with Gasteiger partial charge in [0.15, 0.2) is 5.82 Å². The van der Waals surface area contributed by atoms with Crippen LogP contribution in [-0.2, 0) is 11.3 Å². The summed E-state index contributed by atoms with van der Waals surface area (Å²) in [5.41, 5.74) is 7.41. The highest BCUT2D eigenvalue weighted by molar-refractivity contribution is 5.60. The van der Waals surface area contributed by atoms with E-state index in [0.29, 0.717) is 5.69 Å². The van der Waals surface area contributed by atoms with Gasteiger partial charge in [0.2, 0.25) is 0 Å². The molecule has 6 nitrogen and oxygen atoms in total. The third-order valence-corrected chi connectivity index (χ3v) is 2.68. The molecule has 2 aromatic rings. The molecule has 1 heterocycles. The van der Waals surface area contributed by atoms with Gasteiger partial charge in [0, 0.05) is 31.0 Å². The van der Waals surface area contributed by atoms with E-state index in [4.69, 9.17) is 10.5 Å². The van der Waals surface area contributed by atoms with Crippen molar-refractivity contribution in [2.45, 2.75) is 26.3 Å². The molecule has 0 spiro atoms. The SMILES string of the molecule is CCCOCCCn1nnnc1-c1cccc(N)c1.